The van der Waals surface area contributed by atoms with E-state index in [0.717, 1.165) is 48.2 Å². The Kier molecular flexibility index (Phi) is 5.28. The number of aromatic nitrogens is 2. The second kappa shape index (κ2) is 8.38. The minimum Gasteiger partial charge on any atom is -0.486 e. The summed E-state index contributed by atoms with van der Waals surface area (Å²) in [6, 6.07) is 13.9. The lowest BCUT2D eigenvalue weighted by atomic mass is 9.78. The Morgan fingerprint density at radius 2 is 1.81 bits per heavy atom. The van der Waals surface area contributed by atoms with Gasteiger partial charge in [-0.2, -0.15) is 0 Å². The van der Waals surface area contributed by atoms with Crippen LogP contribution in [0, 0.1) is 0 Å². The van der Waals surface area contributed by atoms with Gasteiger partial charge in [-0.3, -0.25) is 9.78 Å². The normalized spacial score (nSPS) is 17.2. The van der Waals surface area contributed by atoms with Crippen molar-refractivity contribution in [2.75, 3.05) is 19.8 Å². The van der Waals surface area contributed by atoms with Gasteiger partial charge in [0.15, 0.2) is 11.5 Å². The summed E-state index contributed by atoms with van der Waals surface area (Å²) in [6.45, 7) is 1.75. The minimum absolute atomic E-state index is 0.0674. The molecule has 1 aliphatic heterocycles. The van der Waals surface area contributed by atoms with Crippen molar-refractivity contribution in [1.29, 1.82) is 0 Å². The summed E-state index contributed by atoms with van der Waals surface area (Å²) in [6.07, 6.45) is 9.34. The van der Waals surface area contributed by atoms with Gasteiger partial charge in [0.05, 0.1) is 22.9 Å². The van der Waals surface area contributed by atoms with Crippen LogP contribution in [0.3, 0.4) is 0 Å². The zero-order valence-electron chi connectivity index (χ0n) is 17.3. The second-order valence-electron chi connectivity index (χ2n) is 8.18. The largest absolute Gasteiger partial charge is 0.486 e. The lowest BCUT2D eigenvalue weighted by Gasteiger charge is -2.31. The van der Waals surface area contributed by atoms with Gasteiger partial charge in [-0.05, 0) is 48.7 Å². The third kappa shape index (κ3) is 4.10. The van der Waals surface area contributed by atoms with Crippen molar-refractivity contribution in [2.24, 2.45) is 0 Å². The smallest absolute Gasteiger partial charge is 0.244 e. The van der Waals surface area contributed by atoms with Gasteiger partial charge in [-0.25, -0.2) is 4.98 Å². The number of benzene rings is 2. The molecule has 0 spiro atoms. The van der Waals surface area contributed by atoms with E-state index < -0.39 is 0 Å². The number of hydrogen-bond acceptors (Lipinski definition) is 5. The van der Waals surface area contributed by atoms with E-state index in [0.29, 0.717) is 25.5 Å². The van der Waals surface area contributed by atoms with Gasteiger partial charge < -0.3 is 14.8 Å². The third-order valence-corrected chi connectivity index (χ3v) is 6.19. The molecule has 1 fully saturated rings. The summed E-state index contributed by atoms with van der Waals surface area (Å²) in [5, 5.41) is 3.11. The van der Waals surface area contributed by atoms with Crippen molar-refractivity contribution in [3.05, 3.63) is 66.0 Å². The second-order valence-corrected chi connectivity index (χ2v) is 8.18. The topological polar surface area (TPSA) is 73.3 Å². The molecule has 0 saturated heterocycles. The number of ether oxygens (including phenoxy) is 2. The molecule has 0 atom stereocenters. The van der Waals surface area contributed by atoms with Gasteiger partial charge in [0.25, 0.3) is 0 Å². The van der Waals surface area contributed by atoms with E-state index in [1.165, 1.54) is 11.6 Å². The number of amides is 1. The van der Waals surface area contributed by atoms with Crippen molar-refractivity contribution in [1.82, 2.24) is 15.3 Å². The fourth-order valence-corrected chi connectivity index (χ4v) is 4.52. The highest BCUT2D eigenvalue weighted by atomic mass is 16.6. The highest BCUT2D eigenvalue weighted by molar-refractivity contribution is 5.91. The van der Waals surface area contributed by atoms with E-state index >= 15 is 0 Å². The molecule has 1 N–H and O–H groups in total. The molecular formula is C25H25N3O3. The predicted octanol–water partition coefficient (Wildman–Crippen LogP) is 4.04. The molecule has 158 valence electrons. The van der Waals surface area contributed by atoms with E-state index in [4.69, 9.17) is 9.47 Å². The van der Waals surface area contributed by atoms with Gasteiger partial charge in [-0.1, -0.05) is 31.0 Å². The van der Waals surface area contributed by atoms with Crippen molar-refractivity contribution in [3.63, 3.8) is 0 Å². The number of carbonyl (C=O) groups excluding carboxylic acids is 1. The van der Waals surface area contributed by atoms with Gasteiger partial charge in [0.1, 0.15) is 13.2 Å². The Labute approximate surface area is 181 Å². The molecule has 31 heavy (non-hydrogen) atoms. The van der Waals surface area contributed by atoms with E-state index in [-0.39, 0.29) is 11.3 Å². The molecular weight excluding hydrogens is 390 g/mol. The highest BCUT2D eigenvalue weighted by Crippen LogP contribution is 2.43. The maximum absolute atomic E-state index is 12.6. The molecule has 5 rings (SSSR count). The number of nitrogens with zero attached hydrogens (tertiary/aromatic N) is 2. The Bertz CT molecular complexity index is 1140. The van der Waals surface area contributed by atoms with Gasteiger partial charge in [-0.15, -0.1) is 0 Å². The monoisotopic (exact) mass is 415 g/mol. The number of hydrogen-bond donors (Lipinski definition) is 1. The maximum Gasteiger partial charge on any atom is 0.244 e. The molecule has 2 aliphatic rings. The number of nitrogens with one attached hydrogen (secondary N) is 1. The van der Waals surface area contributed by atoms with Crippen LogP contribution in [0.1, 0.15) is 36.9 Å². The summed E-state index contributed by atoms with van der Waals surface area (Å²) < 4.78 is 11.4. The van der Waals surface area contributed by atoms with Crippen LogP contribution in [0.4, 0.5) is 0 Å². The Morgan fingerprint density at radius 1 is 1.03 bits per heavy atom. The van der Waals surface area contributed by atoms with Crippen LogP contribution in [-0.4, -0.2) is 35.6 Å². The van der Waals surface area contributed by atoms with E-state index in [1.807, 2.05) is 30.3 Å². The molecule has 2 aromatic carbocycles. The van der Waals surface area contributed by atoms with Gasteiger partial charge in [0.2, 0.25) is 5.91 Å². The summed E-state index contributed by atoms with van der Waals surface area (Å²) in [5.41, 5.74) is 3.46. The summed E-state index contributed by atoms with van der Waals surface area (Å²) in [4.78, 5) is 21.5. The minimum atomic E-state index is -0.126. The average molecular weight is 415 g/mol. The molecule has 1 saturated carbocycles. The summed E-state index contributed by atoms with van der Waals surface area (Å²) in [5.74, 6) is 1.47. The van der Waals surface area contributed by atoms with Gasteiger partial charge in [0, 0.05) is 18.0 Å². The molecule has 1 aromatic heterocycles. The van der Waals surface area contributed by atoms with Gasteiger partial charge >= 0.3 is 0 Å². The predicted molar refractivity (Wildman–Crippen MR) is 119 cm³/mol. The zero-order valence-corrected chi connectivity index (χ0v) is 17.3. The SMILES string of the molecule is O=C(/C=C/c1cnc2ccccc2n1)NCC1(c2ccc3c(c2)OCCO3)CCCC1. The highest BCUT2D eigenvalue weighted by Gasteiger charge is 2.36. The molecule has 0 unspecified atom stereocenters. The first kappa shape index (κ1) is 19.5. The quantitative estimate of drug-likeness (QED) is 0.637. The van der Waals surface area contributed by atoms with Crippen LogP contribution in [0.25, 0.3) is 17.1 Å². The van der Waals surface area contributed by atoms with Crippen molar-refractivity contribution < 1.29 is 14.3 Å². The van der Waals surface area contributed by atoms with Crippen LogP contribution in [0.5, 0.6) is 11.5 Å². The molecule has 6 heteroatoms. The van der Waals surface area contributed by atoms with Crippen LogP contribution in [0.2, 0.25) is 0 Å². The molecule has 3 aromatic rings. The van der Waals surface area contributed by atoms with Crippen LogP contribution in [-0.2, 0) is 10.2 Å². The number of carbonyl (C=O) groups is 1. The van der Waals surface area contributed by atoms with E-state index in [2.05, 4.69) is 27.4 Å². The van der Waals surface area contributed by atoms with Crippen LogP contribution in [0.15, 0.2) is 54.7 Å². The van der Waals surface area contributed by atoms with Crippen LogP contribution >= 0.6 is 0 Å². The molecule has 2 heterocycles. The Balaban J connectivity index is 1.28. The molecule has 1 amide bonds. The number of fused-ring (bicyclic) bond motifs is 2. The first-order valence-electron chi connectivity index (χ1n) is 10.8. The lowest BCUT2D eigenvalue weighted by molar-refractivity contribution is -0.116. The molecule has 0 bridgehead atoms. The first-order chi connectivity index (χ1) is 15.2. The van der Waals surface area contributed by atoms with Crippen molar-refractivity contribution in [3.8, 4) is 11.5 Å². The first-order valence-corrected chi connectivity index (χ1v) is 10.8. The van der Waals surface area contributed by atoms with Crippen molar-refractivity contribution in [2.45, 2.75) is 31.1 Å². The number of rotatable bonds is 5. The van der Waals surface area contributed by atoms with E-state index in [1.54, 1.807) is 12.3 Å². The molecule has 6 nitrogen and oxygen atoms in total. The summed E-state index contributed by atoms with van der Waals surface area (Å²) >= 11 is 0. The standard InChI is InChI=1S/C25H25N3O3/c29-24(10-8-19-16-26-20-5-1-2-6-21(20)28-19)27-17-25(11-3-4-12-25)18-7-9-22-23(15-18)31-14-13-30-22/h1-2,5-10,15-16H,3-4,11-14,17H2,(H,27,29)/b10-8+. The fraction of sp³-hybridized carbons (Fsp3) is 0.320. The third-order valence-electron chi connectivity index (χ3n) is 6.19. The fourth-order valence-electron chi connectivity index (χ4n) is 4.52. The Hall–Kier alpha value is -3.41. The summed E-state index contributed by atoms with van der Waals surface area (Å²) in [7, 11) is 0. The number of para-hydroxylation sites is 2. The molecule has 0 radical (unpaired) electrons. The van der Waals surface area contributed by atoms with Crippen molar-refractivity contribution >= 4 is 23.0 Å². The molecule has 1 aliphatic carbocycles. The van der Waals surface area contributed by atoms with E-state index in [9.17, 15) is 4.79 Å². The van der Waals surface area contributed by atoms with Crippen LogP contribution < -0.4 is 14.8 Å². The maximum atomic E-state index is 12.6. The zero-order chi connectivity index (χ0) is 21.1. The Morgan fingerprint density at radius 3 is 2.65 bits per heavy atom. The lowest BCUT2D eigenvalue weighted by Crippen LogP contribution is -2.38. The average Bonchev–Trinajstić information content (AvgIpc) is 3.31.